The summed E-state index contributed by atoms with van der Waals surface area (Å²) < 4.78 is 38.0. The molecule has 2 rings (SSSR count). The Labute approximate surface area is 130 Å². The van der Waals surface area contributed by atoms with Crippen LogP contribution in [0.1, 0.15) is 22.8 Å². The van der Waals surface area contributed by atoms with E-state index < -0.39 is 17.8 Å². The minimum Gasteiger partial charge on any atom is -0.387 e. The van der Waals surface area contributed by atoms with E-state index in [9.17, 15) is 18.3 Å². The van der Waals surface area contributed by atoms with Crippen molar-refractivity contribution in [3.8, 4) is 0 Å². The van der Waals surface area contributed by atoms with Gasteiger partial charge in [0.1, 0.15) is 0 Å². The van der Waals surface area contributed by atoms with Gasteiger partial charge in [-0.05, 0) is 29.8 Å². The molecular formula is C15H14ClF3N2O. The fraction of sp³-hybridized carbons (Fsp3) is 0.267. The highest BCUT2D eigenvalue weighted by Crippen LogP contribution is 2.31. The Balaban J connectivity index is 1.97. The third-order valence-electron chi connectivity index (χ3n) is 3.10. The molecule has 1 aromatic heterocycles. The van der Waals surface area contributed by atoms with Crippen molar-refractivity contribution in [2.75, 3.05) is 6.54 Å². The van der Waals surface area contributed by atoms with Gasteiger partial charge in [0.15, 0.2) is 0 Å². The quantitative estimate of drug-likeness (QED) is 0.881. The molecule has 3 nitrogen and oxygen atoms in total. The van der Waals surface area contributed by atoms with Gasteiger partial charge in [-0.25, -0.2) is 0 Å². The lowest BCUT2D eigenvalue weighted by atomic mass is 10.1. The Hall–Kier alpha value is -1.63. The van der Waals surface area contributed by atoms with E-state index in [0.717, 1.165) is 12.1 Å². The summed E-state index contributed by atoms with van der Waals surface area (Å²) in [4.78, 5) is 3.89. The van der Waals surface area contributed by atoms with Crippen LogP contribution in [0, 0.1) is 0 Å². The molecule has 0 spiro atoms. The van der Waals surface area contributed by atoms with Crippen molar-refractivity contribution in [1.82, 2.24) is 10.3 Å². The largest absolute Gasteiger partial charge is 0.416 e. The Morgan fingerprint density at radius 2 is 2.05 bits per heavy atom. The van der Waals surface area contributed by atoms with E-state index in [0.29, 0.717) is 11.1 Å². The average Bonchev–Trinajstić information content (AvgIpc) is 2.48. The van der Waals surface area contributed by atoms with Crippen LogP contribution in [0.3, 0.4) is 0 Å². The summed E-state index contributed by atoms with van der Waals surface area (Å²) >= 11 is 5.90. The number of halogens is 4. The predicted molar refractivity (Wildman–Crippen MR) is 77.4 cm³/mol. The number of benzene rings is 1. The van der Waals surface area contributed by atoms with Crippen LogP contribution in [0.5, 0.6) is 0 Å². The number of aliphatic hydroxyl groups is 1. The van der Waals surface area contributed by atoms with Crippen LogP contribution in [-0.2, 0) is 12.7 Å². The van der Waals surface area contributed by atoms with E-state index in [4.69, 9.17) is 11.6 Å². The summed E-state index contributed by atoms with van der Waals surface area (Å²) in [5.74, 6) is 0. The molecule has 1 aromatic carbocycles. The maximum Gasteiger partial charge on any atom is 0.416 e. The second kappa shape index (κ2) is 7.09. The van der Waals surface area contributed by atoms with Gasteiger partial charge in [-0.3, -0.25) is 4.98 Å². The Bertz CT molecular complexity index is 620. The van der Waals surface area contributed by atoms with Gasteiger partial charge >= 0.3 is 6.18 Å². The third-order valence-corrected chi connectivity index (χ3v) is 3.46. The van der Waals surface area contributed by atoms with Crippen LogP contribution >= 0.6 is 11.6 Å². The molecule has 0 aliphatic rings. The fourth-order valence-corrected chi connectivity index (χ4v) is 2.11. The Morgan fingerprint density at radius 1 is 1.27 bits per heavy atom. The number of alkyl halides is 3. The molecule has 1 heterocycles. The molecule has 0 saturated carbocycles. The SMILES string of the molecule is O[C@H](CNCc1cc(C(F)(F)F)ccc1Cl)c1cccnc1. The number of nitrogens with zero attached hydrogens (tertiary/aromatic N) is 1. The van der Waals surface area contributed by atoms with Crippen LogP contribution < -0.4 is 5.32 Å². The van der Waals surface area contributed by atoms with Gasteiger partial charge in [0.2, 0.25) is 0 Å². The smallest absolute Gasteiger partial charge is 0.387 e. The summed E-state index contributed by atoms with van der Waals surface area (Å²) in [5.41, 5.74) is 0.210. The number of aliphatic hydroxyl groups excluding tert-OH is 1. The molecular weight excluding hydrogens is 317 g/mol. The normalized spacial score (nSPS) is 13.1. The molecule has 22 heavy (non-hydrogen) atoms. The lowest BCUT2D eigenvalue weighted by Crippen LogP contribution is -2.21. The third kappa shape index (κ3) is 4.43. The molecule has 118 valence electrons. The number of nitrogens with one attached hydrogen (secondary N) is 1. The number of hydrogen-bond donors (Lipinski definition) is 2. The van der Waals surface area contributed by atoms with E-state index in [1.807, 2.05) is 0 Å². The summed E-state index contributed by atoms with van der Waals surface area (Å²) in [6.07, 6.45) is -2.08. The van der Waals surface area contributed by atoms with E-state index in [-0.39, 0.29) is 18.1 Å². The zero-order valence-electron chi connectivity index (χ0n) is 11.4. The molecule has 2 aromatic rings. The van der Waals surface area contributed by atoms with E-state index in [1.165, 1.54) is 12.3 Å². The van der Waals surface area contributed by atoms with Crippen LogP contribution in [0.4, 0.5) is 13.2 Å². The second-order valence-corrected chi connectivity index (χ2v) is 5.14. The molecule has 2 N–H and O–H groups in total. The van der Waals surface area contributed by atoms with Gasteiger partial charge in [0, 0.05) is 36.1 Å². The van der Waals surface area contributed by atoms with Crippen molar-refractivity contribution in [1.29, 1.82) is 0 Å². The summed E-state index contributed by atoms with van der Waals surface area (Å²) in [6, 6.07) is 6.58. The summed E-state index contributed by atoms with van der Waals surface area (Å²) in [6.45, 7) is 0.304. The van der Waals surface area contributed by atoms with Gasteiger partial charge in [0.25, 0.3) is 0 Å². The highest BCUT2D eigenvalue weighted by Gasteiger charge is 2.30. The van der Waals surface area contributed by atoms with Crippen LogP contribution in [-0.4, -0.2) is 16.6 Å². The van der Waals surface area contributed by atoms with Gasteiger partial charge in [-0.15, -0.1) is 0 Å². The molecule has 0 radical (unpaired) electrons. The highest BCUT2D eigenvalue weighted by atomic mass is 35.5. The second-order valence-electron chi connectivity index (χ2n) is 4.74. The molecule has 0 fully saturated rings. The van der Waals surface area contributed by atoms with Crippen molar-refractivity contribution in [3.63, 3.8) is 0 Å². The molecule has 1 atom stereocenters. The zero-order chi connectivity index (χ0) is 16.2. The van der Waals surface area contributed by atoms with Crippen LogP contribution in [0.15, 0.2) is 42.7 Å². The molecule has 7 heteroatoms. The number of aromatic nitrogens is 1. The van der Waals surface area contributed by atoms with E-state index in [2.05, 4.69) is 10.3 Å². The fourth-order valence-electron chi connectivity index (χ4n) is 1.92. The number of pyridine rings is 1. The molecule has 0 aliphatic heterocycles. The van der Waals surface area contributed by atoms with Crippen LogP contribution in [0.2, 0.25) is 5.02 Å². The lowest BCUT2D eigenvalue weighted by molar-refractivity contribution is -0.137. The molecule has 0 unspecified atom stereocenters. The maximum atomic E-state index is 12.7. The first kappa shape index (κ1) is 16.7. The number of rotatable bonds is 5. The molecule has 0 bridgehead atoms. The topological polar surface area (TPSA) is 45.1 Å². The Kier molecular flexibility index (Phi) is 5.39. The van der Waals surface area contributed by atoms with Gasteiger partial charge in [0.05, 0.1) is 11.7 Å². The van der Waals surface area contributed by atoms with E-state index in [1.54, 1.807) is 18.3 Å². The van der Waals surface area contributed by atoms with E-state index >= 15 is 0 Å². The minimum absolute atomic E-state index is 0.125. The first-order valence-electron chi connectivity index (χ1n) is 6.52. The van der Waals surface area contributed by atoms with Crippen molar-refractivity contribution in [2.24, 2.45) is 0 Å². The molecule has 0 amide bonds. The Morgan fingerprint density at radius 3 is 2.68 bits per heavy atom. The lowest BCUT2D eigenvalue weighted by Gasteiger charge is -2.14. The van der Waals surface area contributed by atoms with Crippen LogP contribution in [0.25, 0.3) is 0 Å². The van der Waals surface area contributed by atoms with Crippen molar-refractivity contribution < 1.29 is 18.3 Å². The number of hydrogen-bond acceptors (Lipinski definition) is 3. The first-order chi connectivity index (χ1) is 10.4. The van der Waals surface area contributed by atoms with Crippen molar-refractivity contribution in [3.05, 3.63) is 64.4 Å². The standard InChI is InChI=1S/C15H14ClF3N2O/c16-13-4-3-12(15(17,18)19)6-11(13)8-21-9-14(22)10-2-1-5-20-7-10/h1-7,14,21-22H,8-9H2/t14-/m1/s1. The maximum absolute atomic E-state index is 12.7. The van der Waals surface area contributed by atoms with Crippen molar-refractivity contribution >= 4 is 11.6 Å². The van der Waals surface area contributed by atoms with Gasteiger partial charge in [-0.2, -0.15) is 13.2 Å². The van der Waals surface area contributed by atoms with Crippen molar-refractivity contribution in [2.45, 2.75) is 18.8 Å². The summed E-state index contributed by atoms with van der Waals surface area (Å²) in [5, 5.41) is 13.1. The minimum atomic E-state index is -4.41. The average molecular weight is 331 g/mol. The monoisotopic (exact) mass is 330 g/mol. The van der Waals surface area contributed by atoms with Gasteiger partial charge < -0.3 is 10.4 Å². The highest BCUT2D eigenvalue weighted by molar-refractivity contribution is 6.31. The van der Waals surface area contributed by atoms with Gasteiger partial charge in [-0.1, -0.05) is 17.7 Å². The summed E-state index contributed by atoms with van der Waals surface area (Å²) in [7, 11) is 0. The first-order valence-corrected chi connectivity index (χ1v) is 6.90. The predicted octanol–water partition coefficient (Wildman–Crippen LogP) is 3.58. The molecule has 0 saturated heterocycles. The zero-order valence-corrected chi connectivity index (χ0v) is 12.2. The molecule has 0 aliphatic carbocycles.